The van der Waals surface area contributed by atoms with Gasteiger partial charge in [0.05, 0.1) is 0 Å². The van der Waals surface area contributed by atoms with E-state index >= 15 is 0 Å². The SMILES string of the molecule is Cl.Cl.Cl.O=S(=O)(O)O.[CaH2].[NaH].[NaH]. The number of hydrogen-bond donors (Lipinski definition) is 2. The summed E-state index contributed by atoms with van der Waals surface area (Å²) in [6.07, 6.45) is 0. The topological polar surface area (TPSA) is 74.6 Å². The van der Waals surface area contributed by atoms with E-state index in [0.29, 0.717) is 0 Å². The second kappa shape index (κ2) is 23.7. The van der Waals surface area contributed by atoms with Crippen LogP contribution in [0.4, 0.5) is 0 Å². The molecule has 0 aliphatic carbocycles. The molecule has 0 bridgehead atoms. The molecule has 64 valence electrons. The van der Waals surface area contributed by atoms with Crippen molar-refractivity contribution in [3.63, 3.8) is 0 Å². The van der Waals surface area contributed by atoms with Crippen molar-refractivity contribution >= 4 is 144 Å². The van der Waals surface area contributed by atoms with E-state index in [-0.39, 0.29) is 134 Å². The van der Waals surface area contributed by atoms with Gasteiger partial charge in [-0.15, -0.1) is 37.2 Å². The third-order valence-corrected chi connectivity index (χ3v) is 0. The van der Waals surface area contributed by atoms with Gasteiger partial charge < -0.3 is 0 Å². The minimum absolute atomic E-state index is 0. The minimum atomic E-state index is -4.67. The monoisotopic (exact) mass is 296 g/mol. The average Bonchev–Trinajstić information content (AvgIpc) is 0.722. The van der Waals surface area contributed by atoms with Gasteiger partial charge >= 0.3 is 107 Å². The van der Waals surface area contributed by atoms with E-state index in [1.807, 2.05) is 0 Å². The predicted molar refractivity (Wildman–Crippen MR) is 58.8 cm³/mol. The van der Waals surface area contributed by atoms with Crippen LogP contribution in [0.2, 0.25) is 0 Å². The molecule has 0 fully saturated rings. The predicted octanol–water partition coefficient (Wildman–Crippen LogP) is -1.60. The maximum atomic E-state index is 8.74. The third kappa shape index (κ3) is 126. The van der Waals surface area contributed by atoms with Crippen LogP contribution in [0, 0.1) is 0 Å². The molecule has 0 saturated carbocycles. The third-order valence-electron chi connectivity index (χ3n) is 0. The molecule has 0 atom stereocenters. The fourth-order valence-corrected chi connectivity index (χ4v) is 0. The van der Waals surface area contributed by atoms with Crippen molar-refractivity contribution in [1.29, 1.82) is 0 Å². The summed E-state index contributed by atoms with van der Waals surface area (Å²) in [6, 6.07) is 0. The Labute approximate surface area is 158 Å². The van der Waals surface area contributed by atoms with Crippen LogP contribution in [0.5, 0.6) is 0 Å². The first kappa shape index (κ1) is 45.9. The Morgan fingerprint density at radius 1 is 0.818 bits per heavy atom. The van der Waals surface area contributed by atoms with E-state index in [1.54, 1.807) is 0 Å². The van der Waals surface area contributed by atoms with Gasteiger partial charge in [0, 0.05) is 0 Å². The number of hydrogen-bond acceptors (Lipinski definition) is 2. The Hall–Kier alpha value is 4.00. The molecule has 0 aromatic carbocycles. The molecule has 0 radical (unpaired) electrons. The molecule has 0 saturated heterocycles. The Bertz CT molecular complexity index is 107. The van der Waals surface area contributed by atoms with Crippen LogP contribution in [0.3, 0.4) is 0 Å². The molecule has 0 amide bonds. The van der Waals surface area contributed by atoms with Crippen molar-refractivity contribution in [2.24, 2.45) is 0 Å². The summed E-state index contributed by atoms with van der Waals surface area (Å²) in [4.78, 5) is 0. The van der Waals surface area contributed by atoms with Gasteiger partial charge in [-0.3, -0.25) is 9.11 Å². The van der Waals surface area contributed by atoms with Gasteiger partial charge in [0.2, 0.25) is 0 Å². The van der Waals surface area contributed by atoms with Gasteiger partial charge in [-0.2, -0.15) is 8.42 Å². The molecular weight excluding hydrogens is 288 g/mol. The molecule has 0 rings (SSSR count). The van der Waals surface area contributed by atoms with Crippen LogP contribution in [0.1, 0.15) is 0 Å². The zero-order chi connectivity index (χ0) is 4.50. The molecule has 0 spiro atoms. The summed E-state index contributed by atoms with van der Waals surface area (Å²) >= 11 is 0. The molecule has 0 aromatic rings. The fraction of sp³-hybridized carbons (Fsp3) is 0. The van der Waals surface area contributed by atoms with Crippen molar-refractivity contribution in [1.82, 2.24) is 0 Å². The Morgan fingerprint density at radius 3 is 0.818 bits per heavy atom. The maximum absolute atomic E-state index is 8.74. The van der Waals surface area contributed by atoms with E-state index in [1.165, 1.54) is 0 Å². The van der Waals surface area contributed by atoms with Crippen molar-refractivity contribution < 1.29 is 17.5 Å². The summed E-state index contributed by atoms with van der Waals surface area (Å²) in [5, 5.41) is 0. The summed E-state index contributed by atoms with van der Waals surface area (Å²) in [5.41, 5.74) is 0. The van der Waals surface area contributed by atoms with Crippen molar-refractivity contribution in [3.8, 4) is 0 Å². The molecule has 11 heavy (non-hydrogen) atoms. The van der Waals surface area contributed by atoms with Gasteiger partial charge in [-0.05, 0) is 0 Å². The van der Waals surface area contributed by atoms with Crippen molar-refractivity contribution in [2.45, 2.75) is 0 Å². The van der Waals surface area contributed by atoms with Crippen LogP contribution >= 0.6 is 37.2 Å². The van der Waals surface area contributed by atoms with E-state index in [0.717, 1.165) is 0 Å². The normalized spacial score (nSPS) is 5.27. The molecule has 0 heterocycles. The quantitative estimate of drug-likeness (QED) is 0.417. The molecule has 4 nitrogen and oxygen atoms in total. The first-order valence-electron chi connectivity index (χ1n) is 0.698. The molecule has 2 N–H and O–H groups in total. The Kier molecular flexibility index (Phi) is 98.8. The van der Waals surface area contributed by atoms with Crippen LogP contribution in [-0.4, -0.2) is 114 Å². The summed E-state index contributed by atoms with van der Waals surface area (Å²) < 4.78 is 31.6. The van der Waals surface area contributed by atoms with Crippen molar-refractivity contribution in [2.75, 3.05) is 0 Å². The van der Waals surface area contributed by atoms with Crippen molar-refractivity contribution in [3.05, 3.63) is 0 Å². The van der Waals surface area contributed by atoms with Gasteiger partial charge in [-0.25, -0.2) is 0 Å². The summed E-state index contributed by atoms with van der Waals surface area (Å²) in [7, 11) is -4.67. The molecule has 0 unspecified atom stereocenters. The second-order valence-electron chi connectivity index (χ2n) is 0.448. The molecule has 11 heteroatoms. The standard InChI is InChI=1S/Ca.3ClH.2Na.H2O4S.4H/c;;;;;;1-5(2,3)4;;;;/h;3*1H;;;(H2,1,2,3,4);;;;. The van der Waals surface area contributed by atoms with E-state index < -0.39 is 10.4 Å². The Morgan fingerprint density at radius 2 is 0.818 bits per heavy atom. The number of halogens is 3. The van der Waals surface area contributed by atoms with Crippen LogP contribution in [0.15, 0.2) is 0 Å². The summed E-state index contributed by atoms with van der Waals surface area (Å²) in [5.74, 6) is 0. The zero-order valence-corrected chi connectivity index (χ0v) is 6.61. The molecule has 0 aromatic heterocycles. The first-order chi connectivity index (χ1) is 2.00. The van der Waals surface area contributed by atoms with Gasteiger partial charge in [0.25, 0.3) is 0 Å². The van der Waals surface area contributed by atoms with E-state index in [2.05, 4.69) is 0 Å². The summed E-state index contributed by atoms with van der Waals surface area (Å²) in [6.45, 7) is 0. The Balaban J connectivity index is -0.00000000533. The fourth-order valence-electron chi connectivity index (χ4n) is 0. The molecular formula is H9CaCl3Na2O4S. The van der Waals surface area contributed by atoms with Gasteiger partial charge in [0.15, 0.2) is 0 Å². The van der Waals surface area contributed by atoms with Gasteiger partial charge in [-0.1, -0.05) is 0 Å². The molecule has 0 aliphatic heterocycles. The second-order valence-corrected chi connectivity index (χ2v) is 1.34. The number of rotatable bonds is 0. The van der Waals surface area contributed by atoms with E-state index in [9.17, 15) is 0 Å². The molecule has 0 aliphatic rings. The van der Waals surface area contributed by atoms with Crippen LogP contribution in [-0.2, 0) is 10.4 Å². The first-order valence-corrected chi connectivity index (χ1v) is 2.10. The van der Waals surface area contributed by atoms with Gasteiger partial charge in [0.1, 0.15) is 0 Å². The van der Waals surface area contributed by atoms with E-state index in [4.69, 9.17) is 17.5 Å². The average molecular weight is 298 g/mol. The van der Waals surface area contributed by atoms with Crippen LogP contribution < -0.4 is 0 Å². The van der Waals surface area contributed by atoms with Crippen LogP contribution in [0.25, 0.3) is 0 Å². The zero-order valence-electron chi connectivity index (χ0n) is 3.34.